The van der Waals surface area contributed by atoms with Crippen molar-refractivity contribution in [1.82, 2.24) is 19.6 Å². The van der Waals surface area contributed by atoms with Crippen LogP contribution in [0.15, 0.2) is 24.4 Å². The molecule has 3 heterocycles. The predicted octanol–water partition coefficient (Wildman–Crippen LogP) is 4.36. The van der Waals surface area contributed by atoms with Crippen LogP contribution in [0.4, 0.5) is 4.79 Å². The standard InChI is InChI=1S/C26H36N4O5S/c1-25(2,3)35-24(33)29(17-26(4)10-7-13-34-26)15-18-8-9-19-20(14-18)30-16-21(36-23(30)28-19)22(32)27-11-5-6-12-31/h8-9,14,16,31H,5-7,10-13,15,17H2,1-4H3,(H,27,32)/t26-/m1/s1. The Hall–Kier alpha value is -2.69. The molecule has 1 atom stereocenters. The molecule has 1 aromatic carbocycles. The number of hydrogen-bond donors (Lipinski definition) is 2. The van der Waals surface area contributed by atoms with Crippen molar-refractivity contribution >= 4 is 39.3 Å². The number of carbonyl (C=O) groups excluding carboxylic acids is 2. The van der Waals surface area contributed by atoms with E-state index >= 15 is 0 Å². The maximum atomic E-state index is 13.1. The minimum atomic E-state index is -0.597. The summed E-state index contributed by atoms with van der Waals surface area (Å²) in [4.78, 5) is 33.3. The van der Waals surface area contributed by atoms with E-state index in [9.17, 15) is 9.59 Å². The van der Waals surface area contributed by atoms with Crippen LogP contribution in [0.25, 0.3) is 16.0 Å². The van der Waals surface area contributed by atoms with Crippen LogP contribution in [0.1, 0.15) is 68.6 Å². The summed E-state index contributed by atoms with van der Waals surface area (Å²) in [7, 11) is 0. The van der Waals surface area contributed by atoms with E-state index in [0.717, 1.165) is 40.8 Å². The van der Waals surface area contributed by atoms with E-state index in [-0.39, 0.29) is 18.6 Å². The van der Waals surface area contributed by atoms with Gasteiger partial charge in [-0.05, 0) is 71.1 Å². The van der Waals surface area contributed by atoms with E-state index < -0.39 is 11.2 Å². The minimum absolute atomic E-state index is 0.120. The molecule has 2 aromatic heterocycles. The summed E-state index contributed by atoms with van der Waals surface area (Å²) in [5.74, 6) is -0.145. The van der Waals surface area contributed by atoms with E-state index in [2.05, 4.69) is 10.3 Å². The lowest BCUT2D eigenvalue weighted by atomic mass is 10.0. The Morgan fingerprint density at radius 3 is 2.83 bits per heavy atom. The summed E-state index contributed by atoms with van der Waals surface area (Å²) >= 11 is 1.34. The molecule has 1 aliphatic heterocycles. The monoisotopic (exact) mass is 516 g/mol. The first-order valence-corrected chi connectivity index (χ1v) is 13.3. The molecular formula is C26H36N4O5S. The van der Waals surface area contributed by atoms with Gasteiger partial charge in [-0.1, -0.05) is 17.4 Å². The molecule has 9 nitrogen and oxygen atoms in total. The highest BCUT2D eigenvalue weighted by molar-refractivity contribution is 7.18. The Bertz CT molecular complexity index is 1220. The smallest absolute Gasteiger partial charge is 0.410 e. The number of nitrogens with one attached hydrogen (secondary N) is 1. The highest BCUT2D eigenvalue weighted by Crippen LogP contribution is 2.29. The van der Waals surface area contributed by atoms with Crippen LogP contribution in [0.2, 0.25) is 0 Å². The SMILES string of the molecule is CC(C)(C)OC(=O)N(Cc1ccc2nc3sc(C(=O)NCCCCO)cn3c2c1)C[C@@]1(C)CCCO1. The number of fused-ring (bicyclic) bond motifs is 3. The number of carbonyl (C=O) groups is 2. The number of rotatable bonds is 9. The van der Waals surface area contributed by atoms with Crippen molar-refractivity contribution in [2.24, 2.45) is 0 Å². The fraction of sp³-hybridized carbons (Fsp3) is 0.577. The lowest BCUT2D eigenvalue weighted by Gasteiger charge is -2.33. The molecule has 1 saturated heterocycles. The van der Waals surface area contributed by atoms with Gasteiger partial charge < -0.3 is 24.8 Å². The van der Waals surface area contributed by atoms with E-state index in [1.807, 2.05) is 50.3 Å². The molecule has 2 N–H and O–H groups in total. The molecule has 0 unspecified atom stereocenters. The molecule has 3 aromatic rings. The Kier molecular flexibility index (Phi) is 7.87. The molecular weight excluding hydrogens is 480 g/mol. The molecule has 0 spiro atoms. The lowest BCUT2D eigenvalue weighted by Crippen LogP contribution is -2.45. The number of aromatic nitrogens is 2. The van der Waals surface area contributed by atoms with Crippen LogP contribution in [0, 0.1) is 0 Å². The van der Waals surface area contributed by atoms with Crippen molar-refractivity contribution in [2.75, 3.05) is 26.3 Å². The highest BCUT2D eigenvalue weighted by atomic mass is 32.1. The van der Waals surface area contributed by atoms with Crippen molar-refractivity contribution in [2.45, 2.75) is 71.1 Å². The van der Waals surface area contributed by atoms with Crippen molar-refractivity contribution in [3.63, 3.8) is 0 Å². The molecule has 1 aliphatic rings. The quantitative estimate of drug-likeness (QED) is 0.410. The van der Waals surface area contributed by atoms with Crippen molar-refractivity contribution in [3.8, 4) is 0 Å². The van der Waals surface area contributed by atoms with E-state index in [1.165, 1.54) is 11.3 Å². The molecule has 196 valence electrons. The summed E-state index contributed by atoms with van der Waals surface area (Å²) in [6.07, 6.45) is 4.71. The molecule has 0 radical (unpaired) electrons. The number of amides is 2. The topological polar surface area (TPSA) is 105 Å². The average Bonchev–Trinajstić information content (AvgIpc) is 3.50. The summed E-state index contributed by atoms with van der Waals surface area (Å²) in [6.45, 7) is 9.80. The molecule has 36 heavy (non-hydrogen) atoms. The third-order valence-electron chi connectivity index (χ3n) is 6.11. The van der Waals surface area contributed by atoms with Crippen LogP contribution in [0.5, 0.6) is 0 Å². The van der Waals surface area contributed by atoms with Gasteiger partial charge in [-0.15, -0.1) is 0 Å². The number of unbranched alkanes of at least 4 members (excludes halogenated alkanes) is 1. The molecule has 10 heteroatoms. The van der Waals surface area contributed by atoms with E-state index in [1.54, 1.807) is 11.1 Å². The number of aliphatic hydroxyl groups excluding tert-OH is 1. The first kappa shape index (κ1) is 26.4. The zero-order valence-corrected chi connectivity index (χ0v) is 22.3. The normalized spacial score (nSPS) is 18.1. The van der Waals surface area contributed by atoms with Gasteiger partial charge in [-0.2, -0.15) is 0 Å². The number of hydrogen-bond acceptors (Lipinski definition) is 7. The van der Waals surface area contributed by atoms with Gasteiger partial charge >= 0.3 is 6.09 Å². The van der Waals surface area contributed by atoms with Crippen molar-refractivity contribution in [3.05, 3.63) is 34.8 Å². The summed E-state index contributed by atoms with van der Waals surface area (Å²) in [5, 5.41) is 11.8. The van der Waals surface area contributed by atoms with Crippen LogP contribution >= 0.6 is 11.3 Å². The summed E-state index contributed by atoms with van der Waals surface area (Å²) in [6, 6.07) is 5.93. The fourth-order valence-electron chi connectivity index (χ4n) is 4.38. The maximum absolute atomic E-state index is 13.1. The number of nitrogens with zero attached hydrogens (tertiary/aromatic N) is 3. The third-order valence-corrected chi connectivity index (χ3v) is 7.10. The van der Waals surface area contributed by atoms with Gasteiger partial charge in [-0.3, -0.25) is 9.20 Å². The number of benzene rings is 1. The molecule has 1 fully saturated rings. The summed E-state index contributed by atoms with van der Waals surface area (Å²) in [5.41, 5.74) is 1.66. The Labute approximate surface area is 215 Å². The molecule has 4 rings (SSSR count). The predicted molar refractivity (Wildman–Crippen MR) is 139 cm³/mol. The van der Waals surface area contributed by atoms with Crippen LogP contribution in [0.3, 0.4) is 0 Å². The second kappa shape index (κ2) is 10.7. The first-order valence-electron chi connectivity index (χ1n) is 12.5. The van der Waals surface area contributed by atoms with Crippen molar-refractivity contribution in [1.29, 1.82) is 0 Å². The van der Waals surface area contributed by atoms with Gasteiger partial charge in [0.25, 0.3) is 5.91 Å². The number of thiazole rings is 1. The number of imidazole rings is 1. The lowest BCUT2D eigenvalue weighted by molar-refractivity contribution is -0.0260. The van der Waals surface area contributed by atoms with Gasteiger partial charge in [0, 0.05) is 32.5 Å². The van der Waals surface area contributed by atoms with Gasteiger partial charge in [0.1, 0.15) is 10.5 Å². The third kappa shape index (κ3) is 6.35. The minimum Gasteiger partial charge on any atom is -0.444 e. The first-order chi connectivity index (χ1) is 17.1. The fourth-order valence-corrected chi connectivity index (χ4v) is 5.29. The molecule has 0 saturated carbocycles. The Morgan fingerprint density at radius 2 is 2.14 bits per heavy atom. The van der Waals surface area contributed by atoms with Crippen LogP contribution in [-0.4, -0.2) is 68.9 Å². The molecule has 0 aliphatic carbocycles. The molecule has 0 bridgehead atoms. The number of aliphatic hydroxyl groups is 1. The Morgan fingerprint density at radius 1 is 1.33 bits per heavy atom. The largest absolute Gasteiger partial charge is 0.444 e. The second-order valence-electron chi connectivity index (χ2n) is 10.6. The van der Waals surface area contributed by atoms with Crippen LogP contribution < -0.4 is 5.32 Å². The molecule has 2 amide bonds. The van der Waals surface area contributed by atoms with Gasteiger partial charge in [0.05, 0.1) is 23.2 Å². The van der Waals surface area contributed by atoms with E-state index in [0.29, 0.717) is 37.5 Å². The Balaban J connectivity index is 1.56. The average molecular weight is 517 g/mol. The zero-order chi connectivity index (χ0) is 25.9. The van der Waals surface area contributed by atoms with Gasteiger partial charge in [0.15, 0.2) is 4.96 Å². The zero-order valence-electron chi connectivity index (χ0n) is 21.5. The highest BCUT2D eigenvalue weighted by Gasteiger charge is 2.35. The van der Waals surface area contributed by atoms with Gasteiger partial charge in [-0.25, -0.2) is 9.78 Å². The van der Waals surface area contributed by atoms with Gasteiger partial charge in [0.2, 0.25) is 0 Å². The second-order valence-corrected chi connectivity index (χ2v) is 11.6. The van der Waals surface area contributed by atoms with E-state index in [4.69, 9.17) is 14.6 Å². The maximum Gasteiger partial charge on any atom is 0.410 e. The number of ether oxygens (including phenoxy) is 2. The summed E-state index contributed by atoms with van der Waals surface area (Å²) < 4.78 is 13.6. The van der Waals surface area contributed by atoms with Crippen molar-refractivity contribution < 1.29 is 24.2 Å². The van der Waals surface area contributed by atoms with Crippen LogP contribution in [-0.2, 0) is 16.0 Å².